The van der Waals surface area contributed by atoms with Crippen LogP contribution in [0, 0.1) is 29.6 Å². The molecule has 5 nitrogen and oxygen atoms in total. The van der Waals surface area contributed by atoms with Gasteiger partial charge in [-0.25, -0.2) is 0 Å². The second kappa shape index (κ2) is 5.68. The average molecular weight is 352 g/mol. The maximum absolute atomic E-state index is 9.89. The zero-order valence-corrected chi connectivity index (χ0v) is 14.7. The van der Waals surface area contributed by atoms with Crippen LogP contribution in [0.5, 0.6) is 5.88 Å². The number of H-pyrrole nitrogens is 1. The summed E-state index contributed by atoms with van der Waals surface area (Å²) in [6.07, 6.45) is 0. The molecule has 0 radical (unpaired) electrons. The van der Waals surface area contributed by atoms with Gasteiger partial charge in [0.1, 0.15) is 5.92 Å². The van der Waals surface area contributed by atoms with Crippen LogP contribution in [0.3, 0.4) is 0 Å². The molecule has 0 fully saturated rings. The molecular formula is C22H16N4O. The van der Waals surface area contributed by atoms with Crippen molar-refractivity contribution in [3.63, 3.8) is 0 Å². The molecule has 27 heavy (non-hydrogen) atoms. The highest BCUT2D eigenvalue weighted by atomic mass is 16.5. The van der Waals surface area contributed by atoms with Crippen LogP contribution in [-0.4, -0.2) is 16.1 Å². The second-order valence-electron chi connectivity index (χ2n) is 6.85. The monoisotopic (exact) mass is 352 g/mol. The van der Waals surface area contributed by atoms with Crippen molar-refractivity contribution >= 4 is 27.4 Å². The van der Waals surface area contributed by atoms with E-state index in [1.807, 2.05) is 31.2 Å². The van der Waals surface area contributed by atoms with E-state index in [-0.39, 0.29) is 11.8 Å². The summed E-state index contributed by atoms with van der Waals surface area (Å²) in [6, 6.07) is 20.9. The van der Waals surface area contributed by atoms with E-state index in [0.717, 1.165) is 38.4 Å². The van der Waals surface area contributed by atoms with Crippen LogP contribution < -0.4 is 4.74 Å². The molecular weight excluding hydrogens is 336 g/mol. The van der Waals surface area contributed by atoms with E-state index < -0.39 is 5.92 Å². The molecule has 0 aliphatic carbocycles. The molecule has 3 aromatic carbocycles. The number of rotatable bonds is 1. The predicted octanol–water partition coefficient (Wildman–Crippen LogP) is 4.67. The van der Waals surface area contributed by atoms with Gasteiger partial charge >= 0.3 is 0 Å². The standard InChI is InChI=1S/C22H16N4O/c1-12-18-20(17(11-23)21(24)27-22(18)26-25-12)19-15-8-4-2-6-13(15)10-14-7-3-5-9-16(14)19/h2-10,17,20,24H,1H3,(H,25,26). The molecule has 5 rings (SSSR count). The number of aryl methyl sites for hydroxylation is 1. The van der Waals surface area contributed by atoms with Crippen molar-refractivity contribution in [2.45, 2.75) is 12.8 Å². The van der Waals surface area contributed by atoms with Gasteiger partial charge in [0, 0.05) is 17.2 Å². The minimum atomic E-state index is -0.706. The summed E-state index contributed by atoms with van der Waals surface area (Å²) < 4.78 is 5.55. The smallest absolute Gasteiger partial charge is 0.243 e. The Bertz CT molecular complexity index is 1210. The molecule has 0 saturated carbocycles. The summed E-state index contributed by atoms with van der Waals surface area (Å²) in [6.45, 7) is 1.93. The van der Waals surface area contributed by atoms with Crippen LogP contribution >= 0.6 is 0 Å². The maximum atomic E-state index is 9.89. The van der Waals surface area contributed by atoms with Gasteiger partial charge in [0.15, 0.2) is 0 Å². The summed E-state index contributed by atoms with van der Waals surface area (Å²) in [5.41, 5.74) is 2.77. The van der Waals surface area contributed by atoms with Crippen molar-refractivity contribution in [3.8, 4) is 11.9 Å². The van der Waals surface area contributed by atoms with Gasteiger partial charge in [0.2, 0.25) is 11.8 Å². The van der Waals surface area contributed by atoms with Crippen molar-refractivity contribution in [3.05, 3.63) is 71.4 Å². The van der Waals surface area contributed by atoms with Gasteiger partial charge in [-0.15, -0.1) is 5.10 Å². The molecule has 1 aliphatic heterocycles. The third kappa shape index (κ3) is 2.17. The fourth-order valence-corrected chi connectivity index (χ4v) is 4.17. The van der Waals surface area contributed by atoms with E-state index in [2.05, 4.69) is 46.6 Å². The topological polar surface area (TPSA) is 85.5 Å². The molecule has 2 heterocycles. The van der Waals surface area contributed by atoms with Crippen LogP contribution in [0.15, 0.2) is 54.6 Å². The lowest BCUT2D eigenvalue weighted by Gasteiger charge is -2.29. The van der Waals surface area contributed by atoms with Gasteiger partial charge in [0.05, 0.1) is 6.07 Å². The van der Waals surface area contributed by atoms with Gasteiger partial charge < -0.3 is 4.74 Å². The Kier molecular flexibility index (Phi) is 3.28. The number of benzene rings is 3. The lowest BCUT2D eigenvalue weighted by Crippen LogP contribution is -2.31. The fourth-order valence-electron chi connectivity index (χ4n) is 4.17. The average Bonchev–Trinajstić information content (AvgIpc) is 3.05. The lowest BCUT2D eigenvalue weighted by atomic mass is 9.76. The van der Waals surface area contributed by atoms with Crippen LogP contribution in [0.25, 0.3) is 21.5 Å². The number of nitrogens with zero attached hydrogens (tertiary/aromatic N) is 2. The molecule has 2 atom stereocenters. The maximum Gasteiger partial charge on any atom is 0.243 e. The highest BCUT2D eigenvalue weighted by molar-refractivity contribution is 6.04. The molecule has 2 unspecified atom stereocenters. The molecule has 0 spiro atoms. The molecule has 4 aromatic rings. The summed E-state index contributed by atoms with van der Waals surface area (Å²) in [5, 5.41) is 29.7. The molecule has 2 N–H and O–H groups in total. The Morgan fingerprint density at radius 1 is 1.04 bits per heavy atom. The first-order chi connectivity index (χ1) is 13.2. The van der Waals surface area contributed by atoms with E-state index in [1.165, 1.54) is 0 Å². The molecule has 0 saturated heterocycles. The van der Waals surface area contributed by atoms with Gasteiger partial charge in [0.25, 0.3) is 0 Å². The third-order valence-corrected chi connectivity index (χ3v) is 5.36. The molecule has 0 amide bonds. The lowest BCUT2D eigenvalue weighted by molar-refractivity contribution is 0.438. The Morgan fingerprint density at radius 2 is 1.67 bits per heavy atom. The summed E-state index contributed by atoms with van der Waals surface area (Å²) >= 11 is 0. The number of nitriles is 1. The summed E-state index contributed by atoms with van der Waals surface area (Å²) in [5.74, 6) is -0.687. The Balaban J connectivity index is 1.95. The normalized spacial score (nSPS) is 18.9. The van der Waals surface area contributed by atoms with Crippen molar-refractivity contribution < 1.29 is 4.74 Å². The van der Waals surface area contributed by atoms with Crippen LogP contribution in [0.2, 0.25) is 0 Å². The van der Waals surface area contributed by atoms with E-state index in [0.29, 0.717) is 5.88 Å². The van der Waals surface area contributed by atoms with Crippen molar-refractivity contribution in [1.82, 2.24) is 10.2 Å². The zero-order valence-electron chi connectivity index (χ0n) is 14.7. The number of aromatic nitrogens is 2. The first kappa shape index (κ1) is 15.6. The van der Waals surface area contributed by atoms with Crippen LogP contribution in [0.1, 0.15) is 22.7 Å². The largest absolute Gasteiger partial charge is 0.422 e. The minimum absolute atomic E-state index is 0.0569. The van der Waals surface area contributed by atoms with Gasteiger partial charge in [-0.1, -0.05) is 48.5 Å². The number of fused-ring (bicyclic) bond motifs is 3. The van der Waals surface area contributed by atoms with Crippen molar-refractivity contribution in [2.75, 3.05) is 0 Å². The molecule has 5 heteroatoms. The zero-order chi connectivity index (χ0) is 18.5. The predicted molar refractivity (Wildman–Crippen MR) is 104 cm³/mol. The summed E-state index contributed by atoms with van der Waals surface area (Å²) in [7, 11) is 0. The quantitative estimate of drug-likeness (QED) is 0.488. The minimum Gasteiger partial charge on any atom is -0.422 e. The third-order valence-electron chi connectivity index (χ3n) is 5.36. The van der Waals surface area contributed by atoms with Crippen molar-refractivity contribution in [2.24, 2.45) is 5.92 Å². The number of hydrogen-bond acceptors (Lipinski definition) is 4. The molecule has 0 bridgehead atoms. The molecule has 1 aliphatic rings. The first-order valence-corrected chi connectivity index (χ1v) is 8.80. The number of nitrogens with one attached hydrogen (secondary N) is 2. The Hall–Kier alpha value is -3.65. The highest BCUT2D eigenvalue weighted by Gasteiger charge is 2.41. The van der Waals surface area contributed by atoms with Gasteiger partial charge in [-0.2, -0.15) is 5.26 Å². The number of aromatic amines is 1. The van der Waals surface area contributed by atoms with Crippen molar-refractivity contribution in [1.29, 1.82) is 10.7 Å². The van der Waals surface area contributed by atoms with E-state index in [4.69, 9.17) is 10.1 Å². The molecule has 1 aromatic heterocycles. The molecule has 130 valence electrons. The van der Waals surface area contributed by atoms with Crippen LogP contribution in [0.4, 0.5) is 0 Å². The SMILES string of the molecule is Cc1[nH]nc2c1C(c1c3ccccc3cc3ccccc13)C(C#N)C(=N)O2. The number of hydrogen-bond donors (Lipinski definition) is 2. The Morgan fingerprint density at radius 3 is 2.30 bits per heavy atom. The van der Waals surface area contributed by atoms with E-state index in [1.54, 1.807) is 0 Å². The van der Waals surface area contributed by atoms with Crippen LogP contribution in [-0.2, 0) is 0 Å². The fraction of sp³-hybridized carbons (Fsp3) is 0.136. The Labute approximate surface area is 155 Å². The number of ether oxygens (including phenoxy) is 1. The first-order valence-electron chi connectivity index (χ1n) is 8.80. The van der Waals surface area contributed by atoms with E-state index >= 15 is 0 Å². The highest BCUT2D eigenvalue weighted by Crippen LogP contribution is 2.47. The summed E-state index contributed by atoms with van der Waals surface area (Å²) in [4.78, 5) is 0. The van der Waals surface area contributed by atoms with Gasteiger partial charge in [-0.05, 0) is 40.1 Å². The second-order valence-corrected chi connectivity index (χ2v) is 6.85. The van der Waals surface area contributed by atoms with Gasteiger partial charge in [-0.3, -0.25) is 10.5 Å². The van der Waals surface area contributed by atoms with E-state index in [9.17, 15) is 5.26 Å².